The van der Waals surface area contributed by atoms with Crippen molar-refractivity contribution in [2.24, 2.45) is 0 Å². The second-order valence-electron chi connectivity index (χ2n) is 8.54. The second-order valence-corrected chi connectivity index (χ2v) is 10.9. The maximum absolute atomic E-state index is 14.4. The maximum Gasteiger partial charge on any atom is 0.244 e. The SMILES string of the molecule is C[C@@H](C(=O)NC1CCCC1)N(Cc1cccc(Cl)c1)C(=O)CN(c1ccccc1F)S(C)(=O)=O. The molecule has 0 unspecified atom stereocenters. The molecule has 34 heavy (non-hydrogen) atoms. The maximum atomic E-state index is 14.4. The summed E-state index contributed by atoms with van der Waals surface area (Å²) in [6.45, 7) is 0.982. The van der Waals surface area contributed by atoms with E-state index in [4.69, 9.17) is 11.6 Å². The molecule has 0 saturated heterocycles. The summed E-state index contributed by atoms with van der Waals surface area (Å²) in [5.74, 6) is -1.73. The first-order chi connectivity index (χ1) is 16.1. The number of hydrogen-bond acceptors (Lipinski definition) is 4. The van der Waals surface area contributed by atoms with Crippen LogP contribution in [0.5, 0.6) is 0 Å². The third-order valence-electron chi connectivity index (χ3n) is 5.91. The minimum absolute atomic E-state index is 0.0352. The Morgan fingerprint density at radius 1 is 1.15 bits per heavy atom. The number of carbonyl (C=O) groups excluding carboxylic acids is 2. The van der Waals surface area contributed by atoms with Gasteiger partial charge in [0.05, 0.1) is 11.9 Å². The predicted molar refractivity (Wildman–Crippen MR) is 130 cm³/mol. The zero-order valence-corrected chi connectivity index (χ0v) is 20.8. The van der Waals surface area contributed by atoms with Crippen LogP contribution in [-0.4, -0.2) is 50.0 Å². The topological polar surface area (TPSA) is 86.8 Å². The van der Waals surface area contributed by atoms with Crippen LogP contribution >= 0.6 is 11.6 Å². The summed E-state index contributed by atoms with van der Waals surface area (Å²) in [7, 11) is -3.99. The van der Waals surface area contributed by atoms with Gasteiger partial charge in [-0.25, -0.2) is 12.8 Å². The van der Waals surface area contributed by atoms with Crippen molar-refractivity contribution < 1.29 is 22.4 Å². The van der Waals surface area contributed by atoms with E-state index in [-0.39, 0.29) is 24.2 Å². The molecule has 1 aliphatic carbocycles. The third kappa shape index (κ3) is 6.70. The molecule has 184 valence electrons. The Kier molecular flexibility index (Phi) is 8.54. The molecule has 0 bridgehead atoms. The van der Waals surface area contributed by atoms with Crippen molar-refractivity contribution in [2.75, 3.05) is 17.1 Å². The number of para-hydroxylation sites is 1. The summed E-state index contributed by atoms with van der Waals surface area (Å²) in [4.78, 5) is 27.7. The first-order valence-corrected chi connectivity index (χ1v) is 13.4. The van der Waals surface area contributed by atoms with E-state index < -0.39 is 34.3 Å². The second kappa shape index (κ2) is 11.2. The number of benzene rings is 2. The summed E-state index contributed by atoms with van der Waals surface area (Å²) in [6, 6.07) is 11.4. The van der Waals surface area contributed by atoms with E-state index >= 15 is 0 Å². The lowest BCUT2D eigenvalue weighted by Crippen LogP contribution is -2.52. The highest BCUT2D eigenvalue weighted by atomic mass is 35.5. The first-order valence-electron chi connectivity index (χ1n) is 11.1. The van der Waals surface area contributed by atoms with Gasteiger partial charge in [0.1, 0.15) is 18.4 Å². The Hall–Kier alpha value is -2.65. The predicted octanol–water partition coefficient (Wildman–Crippen LogP) is 3.72. The van der Waals surface area contributed by atoms with Gasteiger partial charge in [-0.2, -0.15) is 0 Å². The number of amides is 2. The molecule has 1 saturated carbocycles. The van der Waals surface area contributed by atoms with Crippen molar-refractivity contribution in [3.05, 3.63) is 64.9 Å². The zero-order chi connectivity index (χ0) is 24.9. The monoisotopic (exact) mass is 509 g/mol. The summed E-state index contributed by atoms with van der Waals surface area (Å²) < 4.78 is 40.1. The van der Waals surface area contributed by atoms with Crippen molar-refractivity contribution in [2.45, 2.75) is 51.2 Å². The highest BCUT2D eigenvalue weighted by Gasteiger charge is 2.32. The van der Waals surface area contributed by atoms with Crippen LogP contribution in [-0.2, 0) is 26.2 Å². The zero-order valence-electron chi connectivity index (χ0n) is 19.2. The van der Waals surface area contributed by atoms with Crippen molar-refractivity contribution in [1.29, 1.82) is 0 Å². The number of carbonyl (C=O) groups is 2. The van der Waals surface area contributed by atoms with Gasteiger partial charge in [-0.1, -0.05) is 48.7 Å². The molecule has 2 aromatic rings. The van der Waals surface area contributed by atoms with E-state index in [0.29, 0.717) is 10.6 Å². The van der Waals surface area contributed by atoms with Crippen LogP contribution in [0.25, 0.3) is 0 Å². The summed E-state index contributed by atoms with van der Waals surface area (Å²) in [5, 5.41) is 3.45. The average Bonchev–Trinajstić information content (AvgIpc) is 3.28. The molecule has 1 aliphatic rings. The van der Waals surface area contributed by atoms with Crippen LogP contribution in [0, 0.1) is 5.82 Å². The van der Waals surface area contributed by atoms with Crippen LogP contribution in [0.1, 0.15) is 38.2 Å². The number of halogens is 2. The largest absolute Gasteiger partial charge is 0.352 e. The fourth-order valence-corrected chi connectivity index (χ4v) is 5.12. The fourth-order valence-electron chi connectivity index (χ4n) is 4.06. The Balaban J connectivity index is 1.89. The Morgan fingerprint density at radius 2 is 1.82 bits per heavy atom. The average molecular weight is 510 g/mol. The van der Waals surface area contributed by atoms with E-state index in [1.807, 2.05) is 0 Å². The summed E-state index contributed by atoms with van der Waals surface area (Å²) in [6.07, 6.45) is 4.75. The normalized spacial score (nSPS) is 15.1. The Bertz CT molecular complexity index is 1140. The van der Waals surface area contributed by atoms with Crippen molar-refractivity contribution in [3.63, 3.8) is 0 Å². The lowest BCUT2D eigenvalue weighted by atomic mass is 10.1. The lowest BCUT2D eigenvalue weighted by molar-refractivity contribution is -0.139. The van der Waals surface area contributed by atoms with E-state index in [1.54, 1.807) is 31.2 Å². The van der Waals surface area contributed by atoms with Gasteiger partial charge < -0.3 is 10.2 Å². The Labute approximate surface area is 204 Å². The molecule has 2 amide bonds. The van der Waals surface area contributed by atoms with Crippen molar-refractivity contribution in [1.82, 2.24) is 10.2 Å². The third-order valence-corrected chi connectivity index (χ3v) is 7.27. The van der Waals surface area contributed by atoms with E-state index in [1.165, 1.54) is 23.1 Å². The summed E-state index contributed by atoms with van der Waals surface area (Å²) >= 11 is 6.09. The number of rotatable bonds is 9. The van der Waals surface area contributed by atoms with Crippen LogP contribution in [0.2, 0.25) is 5.02 Å². The van der Waals surface area contributed by atoms with Crippen LogP contribution in [0.4, 0.5) is 10.1 Å². The quantitative estimate of drug-likeness (QED) is 0.558. The van der Waals surface area contributed by atoms with Gasteiger partial charge in [0, 0.05) is 17.6 Å². The number of sulfonamides is 1. The smallest absolute Gasteiger partial charge is 0.244 e. The highest BCUT2D eigenvalue weighted by Crippen LogP contribution is 2.23. The van der Waals surface area contributed by atoms with Gasteiger partial charge in [-0.3, -0.25) is 13.9 Å². The minimum Gasteiger partial charge on any atom is -0.352 e. The van der Waals surface area contributed by atoms with E-state index in [0.717, 1.165) is 42.3 Å². The molecule has 0 aromatic heterocycles. The number of nitrogens with zero attached hydrogens (tertiary/aromatic N) is 2. The van der Waals surface area contributed by atoms with Crippen molar-refractivity contribution in [3.8, 4) is 0 Å². The van der Waals surface area contributed by atoms with Gasteiger partial charge in [0.15, 0.2) is 0 Å². The van der Waals surface area contributed by atoms with Crippen LogP contribution in [0.15, 0.2) is 48.5 Å². The molecule has 2 aromatic carbocycles. The Morgan fingerprint density at radius 3 is 2.44 bits per heavy atom. The molecular weight excluding hydrogens is 481 g/mol. The molecule has 0 radical (unpaired) electrons. The number of hydrogen-bond donors (Lipinski definition) is 1. The summed E-state index contributed by atoms with van der Waals surface area (Å²) in [5.41, 5.74) is 0.447. The van der Waals surface area contributed by atoms with Crippen molar-refractivity contribution >= 4 is 39.1 Å². The molecule has 1 fully saturated rings. The number of anilines is 1. The van der Waals surface area contributed by atoms with Gasteiger partial charge >= 0.3 is 0 Å². The van der Waals surface area contributed by atoms with Gasteiger partial charge in [0.2, 0.25) is 21.8 Å². The van der Waals surface area contributed by atoms with Gasteiger partial charge in [-0.15, -0.1) is 0 Å². The first kappa shape index (κ1) is 26.0. The van der Waals surface area contributed by atoms with Crippen LogP contribution < -0.4 is 9.62 Å². The van der Waals surface area contributed by atoms with Gasteiger partial charge in [-0.05, 0) is 49.6 Å². The molecule has 0 aliphatic heterocycles. The minimum atomic E-state index is -3.99. The molecule has 1 atom stereocenters. The standard InChI is InChI=1S/C24H29ClFN3O4S/c1-17(24(31)27-20-10-3-4-11-20)28(15-18-8-7-9-19(25)14-18)23(30)16-29(34(2,32)33)22-13-6-5-12-21(22)26/h5-9,12-14,17,20H,3-4,10-11,15-16H2,1-2H3,(H,27,31)/t17-/m0/s1. The molecule has 3 rings (SSSR count). The fraction of sp³-hybridized carbons (Fsp3) is 0.417. The molecule has 1 N–H and O–H groups in total. The molecule has 10 heteroatoms. The molecule has 0 heterocycles. The highest BCUT2D eigenvalue weighted by molar-refractivity contribution is 7.92. The molecule has 7 nitrogen and oxygen atoms in total. The van der Waals surface area contributed by atoms with E-state index in [9.17, 15) is 22.4 Å². The molecular formula is C24H29ClFN3O4S. The van der Waals surface area contributed by atoms with Crippen LogP contribution in [0.3, 0.4) is 0 Å². The van der Waals surface area contributed by atoms with Gasteiger partial charge in [0.25, 0.3) is 0 Å². The van der Waals surface area contributed by atoms with E-state index in [2.05, 4.69) is 5.32 Å². The lowest BCUT2D eigenvalue weighted by Gasteiger charge is -2.32. The number of nitrogens with one attached hydrogen (secondary N) is 1. The molecule has 0 spiro atoms.